The van der Waals surface area contributed by atoms with Crippen LogP contribution < -0.4 is 14.8 Å². The van der Waals surface area contributed by atoms with Gasteiger partial charge in [-0.1, -0.05) is 11.6 Å². The third-order valence-corrected chi connectivity index (χ3v) is 3.78. The molecule has 0 aliphatic rings. The quantitative estimate of drug-likeness (QED) is 0.771. The molecule has 0 spiro atoms. The van der Waals surface area contributed by atoms with Gasteiger partial charge in [0.1, 0.15) is 17.0 Å². The van der Waals surface area contributed by atoms with Crippen molar-refractivity contribution in [2.45, 2.75) is 6.92 Å². The van der Waals surface area contributed by atoms with Crippen molar-refractivity contribution in [2.75, 3.05) is 19.5 Å². The second-order valence-electron chi connectivity index (χ2n) is 5.06. The first-order valence-corrected chi connectivity index (χ1v) is 7.49. The lowest BCUT2D eigenvalue weighted by atomic mass is 10.2. The summed E-state index contributed by atoms with van der Waals surface area (Å²) in [6.07, 6.45) is 0. The lowest BCUT2D eigenvalue weighted by Crippen LogP contribution is -2.12. The summed E-state index contributed by atoms with van der Waals surface area (Å²) in [6.45, 7) is 1.75. The van der Waals surface area contributed by atoms with Gasteiger partial charge in [0.15, 0.2) is 11.5 Å². The number of oxazole rings is 1. The first-order chi connectivity index (χ1) is 11.5. The number of aryl methyl sites for hydroxylation is 1. The Kier molecular flexibility index (Phi) is 4.31. The number of fused-ring (bicyclic) bond motifs is 1. The predicted octanol–water partition coefficient (Wildman–Crippen LogP) is 4.06. The maximum atomic E-state index is 12.5. The monoisotopic (exact) mass is 346 g/mol. The highest BCUT2D eigenvalue weighted by atomic mass is 35.5. The van der Waals surface area contributed by atoms with Crippen molar-refractivity contribution in [3.8, 4) is 11.5 Å². The van der Waals surface area contributed by atoms with E-state index in [-0.39, 0.29) is 5.91 Å². The van der Waals surface area contributed by atoms with E-state index in [0.717, 1.165) is 0 Å². The van der Waals surface area contributed by atoms with Crippen LogP contribution in [0.2, 0.25) is 5.02 Å². The molecule has 0 saturated heterocycles. The molecule has 1 aromatic heterocycles. The Balaban J connectivity index is 1.92. The van der Waals surface area contributed by atoms with Crippen molar-refractivity contribution in [1.29, 1.82) is 0 Å². The number of nitrogens with one attached hydrogen (secondary N) is 1. The number of nitrogens with zero attached hydrogens (tertiary/aromatic N) is 1. The number of hydrogen-bond donors (Lipinski definition) is 1. The number of aromatic nitrogens is 1. The van der Waals surface area contributed by atoms with Gasteiger partial charge >= 0.3 is 0 Å². The standard InChI is InChI=1S/C17H15ClN2O4/c1-9-19-12-5-4-10(6-16(12)24-9)17(21)20-13-8-14(22-2)11(18)7-15(13)23-3/h4-8H,1-3H3,(H,20,21). The summed E-state index contributed by atoms with van der Waals surface area (Å²) in [5.41, 5.74) is 2.16. The lowest BCUT2D eigenvalue weighted by molar-refractivity contribution is 0.102. The van der Waals surface area contributed by atoms with E-state index in [1.54, 1.807) is 37.3 Å². The van der Waals surface area contributed by atoms with E-state index in [2.05, 4.69) is 10.3 Å². The number of anilines is 1. The molecule has 124 valence electrons. The fourth-order valence-electron chi connectivity index (χ4n) is 2.33. The zero-order valence-corrected chi connectivity index (χ0v) is 14.1. The van der Waals surface area contributed by atoms with Crippen molar-refractivity contribution >= 4 is 34.3 Å². The molecule has 0 bridgehead atoms. The summed E-state index contributed by atoms with van der Waals surface area (Å²) < 4.78 is 15.9. The minimum absolute atomic E-state index is 0.311. The number of rotatable bonds is 4. The van der Waals surface area contributed by atoms with Gasteiger partial charge in [-0.2, -0.15) is 0 Å². The van der Waals surface area contributed by atoms with E-state index in [1.807, 2.05) is 0 Å². The maximum Gasteiger partial charge on any atom is 0.255 e. The molecule has 1 N–H and O–H groups in total. The van der Waals surface area contributed by atoms with E-state index >= 15 is 0 Å². The Morgan fingerprint density at radius 2 is 1.92 bits per heavy atom. The van der Waals surface area contributed by atoms with Gasteiger partial charge in [0, 0.05) is 24.6 Å². The second-order valence-corrected chi connectivity index (χ2v) is 5.46. The van der Waals surface area contributed by atoms with Gasteiger partial charge in [0.2, 0.25) is 0 Å². The van der Waals surface area contributed by atoms with Crippen molar-refractivity contribution in [3.05, 3.63) is 46.8 Å². The van der Waals surface area contributed by atoms with Crippen molar-refractivity contribution in [1.82, 2.24) is 4.98 Å². The minimum Gasteiger partial charge on any atom is -0.495 e. The molecular formula is C17H15ClN2O4. The SMILES string of the molecule is COc1cc(NC(=O)c2ccc3nc(C)oc3c2)c(OC)cc1Cl. The smallest absolute Gasteiger partial charge is 0.255 e. The normalized spacial score (nSPS) is 10.7. The molecule has 0 saturated carbocycles. The number of hydrogen-bond acceptors (Lipinski definition) is 5. The predicted molar refractivity (Wildman–Crippen MR) is 91.3 cm³/mol. The van der Waals surface area contributed by atoms with E-state index < -0.39 is 0 Å². The zero-order valence-electron chi connectivity index (χ0n) is 13.3. The largest absolute Gasteiger partial charge is 0.495 e. The third kappa shape index (κ3) is 3.00. The molecule has 2 aromatic carbocycles. The number of carbonyl (C=O) groups excluding carboxylic acids is 1. The van der Waals surface area contributed by atoms with Crippen molar-refractivity contribution in [2.24, 2.45) is 0 Å². The van der Waals surface area contributed by atoms with Gasteiger partial charge in [-0.05, 0) is 18.2 Å². The topological polar surface area (TPSA) is 73.6 Å². The minimum atomic E-state index is -0.311. The van der Waals surface area contributed by atoms with Gasteiger partial charge in [-0.25, -0.2) is 4.98 Å². The molecule has 1 amide bonds. The van der Waals surface area contributed by atoms with Gasteiger partial charge in [-0.3, -0.25) is 4.79 Å². The van der Waals surface area contributed by atoms with E-state index in [0.29, 0.717) is 44.8 Å². The Hall–Kier alpha value is -2.73. The molecule has 3 aromatic rings. The Bertz CT molecular complexity index is 920. The summed E-state index contributed by atoms with van der Waals surface area (Å²) in [6, 6.07) is 8.25. The van der Waals surface area contributed by atoms with Crippen LogP contribution in [0.5, 0.6) is 11.5 Å². The number of carbonyl (C=O) groups is 1. The lowest BCUT2D eigenvalue weighted by Gasteiger charge is -2.13. The Morgan fingerprint density at radius 3 is 2.62 bits per heavy atom. The summed E-state index contributed by atoms with van der Waals surface area (Å²) >= 11 is 6.06. The first-order valence-electron chi connectivity index (χ1n) is 7.12. The van der Waals surface area contributed by atoms with Crippen LogP contribution in [0.1, 0.15) is 16.2 Å². The van der Waals surface area contributed by atoms with Crippen LogP contribution in [-0.4, -0.2) is 25.1 Å². The number of ether oxygens (including phenoxy) is 2. The Morgan fingerprint density at radius 1 is 1.17 bits per heavy atom. The zero-order chi connectivity index (χ0) is 17.3. The van der Waals surface area contributed by atoms with E-state index in [1.165, 1.54) is 14.2 Å². The summed E-state index contributed by atoms with van der Waals surface area (Å²) in [5.74, 6) is 1.11. The number of amides is 1. The second kappa shape index (κ2) is 6.41. The number of methoxy groups -OCH3 is 2. The molecule has 0 unspecified atom stereocenters. The molecule has 0 fully saturated rings. The van der Waals surface area contributed by atoms with Gasteiger partial charge in [-0.15, -0.1) is 0 Å². The third-order valence-electron chi connectivity index (χ3n) is 3.48. The number of benzene rings is 2. The molecular weight excluding hydrogens is 332 g/mol. The fourth-order valence-corrected chi connectivity index (χ4v) is 2.56. The molecule has 0 aliphatic heterocycles. The summed E-state index contributed by atoms with van der Waals surface area (Å²) in [7, 11) is 3.00. The average Bonchev–Trinajstić information content (AvgIpc) is 2.94. The van der Waals surface area contributed by atoms with E-state index in [4.69, 9.17) is 25.5 Å². The highest BCUT2D eigenvalue weighted by Gasteiger charge is 2.15. The van der Waals surface area contributed by atoms with E-state index in [9.17, 15) is 4.79 Å². The van der Waals surface area contributed by atoms with Crippen LogP contribution in [-0.2, 0) is 0 Å². The van der Waals surface area contributed by atoms with Crippen molar-refractivity contribution < 1.29 is 18.7 Å². The molecule has 1 heterocycles. The van der Waals surface area contributed by atoms with Crippen LogP contribution in [0.3, 0.4) is 0 Å². The van der Waals surface area contributed by atoms with Crippen LogP contribution in [0.25, 0.3) is 11.1 Å². The first kappa shape index (κ1) is 16.1. The van der Waals surface area contributed by atoms with Gasteiger partial charge in [0.05, 0.1) is 24.9 Å². The molecule has 7 heteroatoms. The molecule has 0 aliphatic carbocycles. The van der Waals surface area contributed by atoms with Crippen LogP contribution >= 0.6 is 11.6 Å². The molecule has 0 radical (unpaired) electrons. The molecule has 0 atom stereocenters. The molecule has 24 heavy (non-hydrogen) atoms. The van der Waals surface area contributed by atoms with Crippen molar-refractivity contribution in [3.63, 3.8) is 0 Å². The summed E-state index contributed by atoms with van der Waals surface area (Å²) in [4.78, 5) is 16.7. The van der Waals surface area contributed by atoms with Gasteiger partial charge in [0.25, 0.3) is 5.91 Å². The Labute approximate surface area is 143 Å². The maximum absolute atomic E-state index is 12.5. The fraction of sp³-hybridized carbons (Fsp3) is 0.176. The summed E-state index contributed by atoms with van der Waals surface area (Å²) in [5, 5.41) is 3.18. The average molecular weight is 347 g/mol. The highest BCUT2D eigenvalue weighted by molar-refractivity contribution is 6.32. The van der Waals surface area contributed by atoms with Crippen LogP contribution in [0, 0.1) is 6.92 Å². The van der Waals surface area contributed by atoms with Crippen LogP contribution in [0.4, 0.5) is 5.69 Å². The van der Waals surface area contributed by atoms with Crippen LogP contribution in [0.15, 0.2) is 34.7 Å². The van der Waals surface area contributed by atoms with Gasteiger partial charge < -0.3 is 19.2 Å². The number of halogens is 1. The highest BCUT2D eigenvalue weighted by Crippen LogP contribution is 2.36. The molecule has 6 nitrogen and oxygen atoms in total. The molecule has 3 rings (SSSR count).